The Balaban J connectivity index is 2.96. The summed E-state index contributed by atoms with van der Waals surface area (Å²) in [5.41, 5.74) is 1.01. The molecule has 0 aliphatic rings. The largest absolute Gasteiger partial charge is 0.507 e. The van der Waals surface area contributed by atoms with E-state index in [1.165, 1.54) is 0 Å². The molecule has 3 radical (unpaired) electrons. The van der Waals surface area contributed by atoms with E-state index in [1.807, 2.05) is 18.2 Å². The quantitative estimate of drug-likeness (QED) is 0.647. The van der Waals surface area contributed by atoms with E-state index >= 15 is 0 Å². The Morgan fingerprint density at radius 3 is 2.82 bits per heavy atom. The molecule has 0 aliphatic carbocycles. The van der Waals surface area contributed by atoms with Gasteiger partial charge in [0.2, 0.25) is 0 Å². The van der Waals surface area contributed by atoms with Crippen molar-refractivity contribution in [3.05, 3.63) is 27.3 Å². The van der Waals surface area contributed by atoms with Crippen LogP contribution in [0.3, 0.4) is 0 Å². The summed E-state index contributed by atoms with van der Waals surface area (Å²) in [5.74, 6) is 0.423. The van der Waals surface area contributed by atoms with Crippen LogP contribution in [0.15, 0.2) is 18.2 Å². The molecule has 0 fully saturated rings. The second kappa shape index (κ2) is 4.11. The van der Waals surface area contributed by atoms with Gasteiger partial charge in [0.1, 0.15) is 5.75 Å². The van der Waals surface area contributed by atoms with E-state index in [2.05, 4.69) is 32.8 Å². The van der Waals surface area contributed by atoms with Crippen LogP contribution in [0.2, 0.25) is 6.04 Å². The first-order chi connectivity index (χ1) is 5.25. The van der Waals surface area contributed by atoms with Crippen molar-refractivity contribution in [3.63, 3.8) is 0 Å². The van der Waals surface area contributed by atoms with Crippen LogP contribution in [-0.4, -0.2) is 15.3 Å². The summed E-state index contributed by atoms with van der Waals surface area (Å²) in [6.45, 7) is 0. The van der Waals surface area contributed by atoms with Crippen LogP contribution in [0.1, 0.15) is 5.56 Å². The summed E-state index contributed by atoms with van der Waals surface area (Å²) < 4.78 is 0.917. The number of rotatable bonds is 2. The highest BCUT2D eigenvalue weighted by atomic mass is 127. The number of phenols is 1. The number of hydrogen-bond acceptors (Lipinski definition) is 1. The number of benzene rings is 1. The first-order valence-electron chi connectivity index (χ1n) is 3.36. The Bertz CT molecular complexity index is 250. The molecule has 11 heavy (non-hydrogen) atoms. The standard InChI is InChI=1S/C8H8IOSi/c9-7-3-1-2-6(4-5-11)8(7)10/h1-3,10H,4-5H2. The van der Waals surface area contributed by atoms with E-state index in [0.29, 0.717) is 5.75 Å². The van der Waals surface area contributed by atoms with Crippen LogP contribution < -0.4 is 0 Å². The van der Waals surface area contributed by atoms with Crippen molar-refractivity contribution in [1.82, 2.24) is 0 Å². The van der Waals surface area contributed by atoms with Gasteiger partial charge in [0.15, 0.2) is 0 Å². The van der Waals surface area contributed by atoms with E-state index in [9.17, 15) is 5.11 Å². The molecule has 1 nitrogen and oxygen atoms in total. The van der Waals surface area contributed by atoms with E-state index in [4.69, 9.17) is 0 Å². The maximum absolute atomic E-state index is 9.50. The minimum atomic E-state index is 0.423. The molecule has 0 heterocycles. The van der Waals surface area contributed by atoms with Crippen LogP contribution >= 0.6 is 22.6 Å². The van der Waals surface area contributed by atoms with E-state index < -0.39 is 0 Å². The maximum atomic E-state index is 9.50. The lowest BCUT2D eigenvalue weighted by Crippen LogP contribution is -1.86. The Hall–Kier alpha value is -0.0331. The zero-order chi connectivity index (χ0) is 8.27. The lowest BCUT2D eigenvalue weighted by Gasteiger charge is -2.03. The van der Waals surface area contributed by atoms with Crippen molar-refractivity contribution in [2.45, 2.75) is 12.5 Å². The Kier molecular flexibility index (Phi) is 3.38. The second-order valence-corrected chi connectivity index (χ2v) is 3.91. The molecule has 1 rings (SSSR count). The van der Waals surface area contributed by atoms with Gasteiger partial charge in [-0.05, 0) is 40.6 Å². The van der Waals surface area contributed by atoms with Crippen molar-refractivity contribution in [2.24, 2.45) is 0 Å². The molecule has 3 heteroatoms. The first kappa shape index (κ1) is 9.06. The third-order valence-electron chi connectivity index (χ3n) is 1.46. The average molecular weight is 275 g/mol. The molecule has 0 atom stereocenters. The lowest BCUT2D eigenvalue weighted by atomic mass is 10.1. The van der Waals surface area contributed by atoms with Gasteiger partial charge in [-0.15, -0.1) is 0 Å². The second-order valence-electron chi connectivity index (χ2n) is 2.25. The first-order valence-corrected chi connectivity index (χ1v) is 5.15. The Morgan fingerprint density at radius 1 is 1.45 bits per heavy atom. The summed E-state index contributed by atoms with van der Waals surface area (Å²) in [6.07, 6.45) is 0.875. The topological polar surface area (TPSA) is 20.2 Å². The van der Waals surface area contributed by atoms with Gasteiger partial charge in [-0.2, -0.15) is 0 Å². The maximum Gasteiger partial charge on any atom is 0.132 e. The fourth-order valence-electron chi connectivity index (χ4n) is 0.896. The van der Waals surface area contributed by atoms with Gasteiger partial charge in [0.05, 0.1) is 3.57 Å². The van der Waals surface area contributed by atoms with Gasteiger partial charge in [0.25, 0.3) is 0 Å². The average Bonchev–Trinajstić information content (AvgIpc) is 1.99. The Labute approximate surface area is 83.4 Å². The third-order valence-corrected chi connectivity index (χ3v) is 2.59. The summed E-state index contributed by atoms with van der Waals surface area (Å²) in [7, 11) is 3.38. The van der Waals surface area contributed by atoms with Gasteiger partial charge < -0.3 is 5.11 Å². The highest BCUT2D eigenvalue weighted by Crippen LogP contribution is 2.24. The summed E-state index contributed by atoms with van der Waals surface area (Å²) in [4.78, 5) is 0. The minimum absolute atomic E-state index is 0.423. The zero-order valence-corrected chi connectivity index (χ0v) is 9.13. The van der Waals surface area contributed by atoms with Crippen molar-refractivity contribution in [1.29, 1.82) is 0 Å². The summed E-state index contributed by atoms with van der Waals surface area (Å²) in [5, 5.41) is 9.50. The molecule has 0 bridgehead atoms. The molecular weight excluding hydrogens is 267 g/mol. The number of halogens is 1. The number of para-hydroxylation sites is 1. The van der Waals surface area contributed by atoms with Gasteiger partial charge in [0, 0.05) is 10.2 Å². The fourth-order valence-corrected chi connectivity index (χ4v) is 1.72. The number of phenolic OH excluding ortho intramolecular Hbond substituents is 1. The van der Waals surface area contributed by atoms with Crippen LogP contribution in [0.25, 0.3) is 0 Å². The van der Waals surface area contributed by atoms with Gasteiger partial charge in [-0.25, -0.2) is 0 Å². The van der Waals surface area contributed by atoms with Crippen molar-refractivity contribution in [2.75, 3.05) is 0 Å². The number of aryl methyl sites for hydroxylation is 1. The zero-order valence-electron chi connectivity index (χ0n) is 5.97. The molecule has 0 aliphatic heterocycles. The molecular formula is C8H8IOSi. The van der Waals surface area contributed by atoms with Crippen molar-refractivity contribution < 1.29 is 5.11 Å². The SMILES string of the molecule is Oc1c(I)cccc1CC[Si]. The molecule has 0 aromatic heterocycles. The minimum Gasteiger partial charge on any atom is -0.507 e. The normalized spacial score (nSPS) is 10.0. The molecule has 0 saturated heterocycles. The Morgan fingerprint density at radius 2 is 2.18 bits per heavy atom. The molecule has 0 unspecified atom stereocenters. The molecule has 1 aromatic carbocycles. The monoisotopic (exact) mass is 275 g/mol. The van der Waals surface area contributed by atoms with E-state index in [1.54, 1.807) is 0 Å². The number of hydrogen-bond donors (Lipinski definition) is 1. The smallest absolute Gasteiger partial charge is 0.132 e. The molecule has 0 amide bonds. The summed E-state index contributed by atoms with van der Waals surface area (Å²) >= 11 is 2.12. The van der Waals surface area contributed by atoms with E-state index in [-0.39, 0.29) is 0 Å². The van der Waals surface area contributed by atoms with Gasteiger partial charge in [-0.3, -0.25) is 0 Å². The van der Waals surface area contributed by atoms with Crippen LogP contribution in [0, 0.1) is 3.57 Å². The highest BCUT2D eigenvalue weighted by Gasteiger charge is 2.01. The predicted molar refractivity (Wildman–Crippen MR) is 55.1 cm³/mol. The lowest BCUT2D eigenvalue weighted by molar-refractivity contribution is 0.465. The predicted octanol–water partition coefficient (Wildman–Crippen LogP) is 2.13. The van der Waals surface area contributed by atoms with Gasteiger partial charge in [-0.1, -0.05) is 18.2 Å². The molecule has 1 aromatic rings. The van der Waals surface area contributed by atoms with Crippen LogP contribution in [0.5, 0.6) is 5.75 Å². The summed E-state index contributed by atoms with van der Waals surface area (Å²) in [6, 6.07) is 6.68. The molecule has 0 saturated carbocycles. The fraction of sp³-hybridized carbons (Fsp3) is 0.250. The van der Waals surface area contributed by atoms with Crippen molar-refractivity contribution in [3.8, 4) is 5.75 Å². The molecule has 57 valence electrons. The molecule has 1 N–H and O–H groups in total. The highest BCUT2D eigenvalue weighted by molar-refractivity contribution is 14.1. The van der Waals surface area contributed by atoms with Crippen molar-refractivity contribution >= 4 is 32.8 Å². The van der Waals surface area contributed by atoms with Crippen LogP contribution in [-0.2, 0) is 6.42 Å². The van der Waals surface area contributed by atoms with Crippen LogP contribution in [0.4, 0.5) is 0 Å². The molecule has 0 spiro atoms. The van der Waals surface area contributed by atoms with E-state index in [0.717, 1.165) is 21.6 Å². The third kappa shape index (κ3) is 2.20. The number of aromatic hydroxyl groups is 1. The van der Waals surface area contributed by atoms with Gasteiger partial charge >= 0.3 is 0 Å².